The van der Waals surface area contributed by atoms with Gasteiger partial charge in [-0.2, -0.15) is 0 Å². The topological polar surface area (TPSA) is 66.5 Å². The Hall–Kier alpha value is -2.90. The number of nitrogens with zero attached hydrogens (tertiary/aromatic N) is 2. The number of likely N-dealkylation sites (tertiary alicyclic amines) is 1. The van der Waals surface area contributed by atoms with E-state index in [-0.39, 0.29) is 12.1 Å². The van der Waals surface area contributed by atoms with E-state index in [9.17, 15) is 4.79 Å². The summed E-state index contributed by atoms with van der Waals surface area (Å²) in [6.45, 7) is 3.35. The minimum atomic E-state index is -0.173. The number of thiazole rings is 1. The molecule has 2 N–H and O–H groups in total. The molecule has 30 heavy (non-hydrogen) atoms. The molecule has 0 unspecified atom stereocenters. The summed E-state index contributed by atoms with van der Waals surface area (Å²) < 4.78 is 5.75. The Labute approximate surface area is 180 Å². The second-order valence-corrected chi connectivity index (χ2v) is 8.15. The van der Waals surface area contributed by atoms with Gasteiger partial charge in [0.15, 0.2) is 0 Å². The third kappa shape index (κ3) is 6.05. The molecule has 2 aromatic carbocycles. The van der Waals surface area contributed by atoms with Crippen molar-refractivity contribution in [2.75, 3.05) is 18.4 Å². The maximum Gasteiger partial charge on any atom is 0.319 e. The molecule has 0 spiro atoms. The minimum Gasteiger partial charge on any atom is -0.487 e. The van der Waals surface area contributed by atoms with Crippen LogP contribution in [-0.2, 0) is 13.2 Å². The smallest absolute Gasteiger partial charge is 0.319 e. The van der Waals surface area contributed by atoms with E-state index < -0.39 is 0 Å². The molecular formula is C23H26N4O2S. The van der Waals surface area contributed by atoms with Gasteiger partial charge in [0, 0.05) is 42.8 Å². The van der Waals surface area contributed by atoms with Crippen molar-refractivity contribution >= 4 is 23.1 Å². The Morgan fingerprint density at radius 1 is 1.13 bits per heavy atom. The lowest BCUT2D eigenvalue weighted by molar-refractivity contribution is 0.190. The number of carbonyl (C=O) groups excluding carboxylic acids is 1. The Morgan fingerprint density at radius 2 is 1.97 bits per heavy atom. The molecule has 156 valence electrons. The predicted molar refractivity (Wildman–Crippen MR) is 120 cm³/mol. The molecule has 1 saturated heterocycles. The largest absolute Gasteiger partial charge is 0.487 e. The van der Waals surface area contributed by atoms with E-state index in [1.807, 2.05) is 35.7 Å². The third-order valence-corrected chi connectivity index (χ3v) is 5.77. The first kappa shape index (κ1) is 20.4. The summed E-state index contributed by atoms with van der Waals surface area (Å²) in [5.74, 6) is 0.704. The van der Waals surface area contributed by atoms with Crippen LogP contribution in [0.3, 0.4) is 0 Å². The molecule has 0 atom stereocenters. The zero-order valence-corrected chi connectivity index (χ0v) is 17.6. The molecule has 0 aliphatic carbocycles. The number of ether oxygens (including phenoxy) is 1. The molecule has 6 nitrogen and oxygen atoms in total. The van der Waals surface area contributed by atoms with E-state index in [0.717, 1.165) is 38.2 Å². The van der Waals surface area contributed by atoms with Gasteiger partial charge < -0.3 is 15.4 Å². The van der Waals surface area contributed by atoms with Crippen molar-refractivity contribution in [3.8, 4) is 5.75 Å². The van der Waals surface area contributed by atoms with Crippen molar-refractivity contribution < 1.29 is 9.53 Å². The highest BCUT2D eigenvalue weighted by atomic mass is 32.1. The highest BCUT2D eigenvalue weighted by Crippen LogP contribution is 2.19. The molecule has 1 aliphatic rings. The van der Waals surface area contributed by atoms with Gasteiger partial charge in [-0.25, -0.2) is 9.78 Å². The van der Waals surface area contributed by atoms with Crippen LogP contribution in [0, 0.1) is 0 Å². The molecule has 0 bridgehead atoms. The summed E-state index contributed by atoms with van der Waals surface area (Å²) in [7, 11) is 0. The second-order valence-electron chi connectivity index (χ2n) is 7.43. The van der Waals surface area contributed by atoms with Crippen molar-refractivity contribution in [1.29, 1.82) is 0 Å². The first-order valence-electron chi connectivity index (χ1n) is 10.2. The number of carbonyl (C=O) groups is 1. The molecule has 4 rings (SSSR count). The fraction of sp³-hybridized carbons (Fsp3) is 0.304. The van der Waals surface area contributed by atoms with Gasteiger partial charge in [0.1, 0.15) is 12.4 Å². The Morgan fingerprint density at radius 3 is 2.73 bits per heavy atom. The molecule has 0 saturated carbocycles. The summed E-state index contributed by atoms with van der Waals surface area (Å²) in [6, 6.07) is 18.0. The van der Waals surface area contributed by atoms with E-state index in [2.05, 4.69) is 44.8 Å². The van der Waals surface area contributed by atoms with Crippen LogP contribution in [0.2, 0.25) is 0 Å². The summed E-state index contributed by atoms with van der Waals surface area (Å²) in [5.41, 5.74) is 4.73. The lowest BCUT2D eigenvalue weighted by Gasteiger charge is -2.32. The van der Waals surface area contributed by atoms with Crippen molar-refractivity contribution in [2.45, 2.75) is 32.0 Å². The Kier molecular flexibility index (Phi) is 6.95. The second kappa shape index (κ2) is 10.2. The van der Waals surface area contributed by atoms with Gasteiger partial charge in [-0.3, -0.25) is 4.90 Å². The van der Waals surface area contributed by atoms with Gasteiger partial charge in [0.2, 0.25) is 0 Å². The number of rotatable bonds is 7. The van der Waals surface area contributed by atoms with Crippen LogP contribution in [0.25, 0.3) is 0 Å². The lowest BCUT2D eigenvalue weighted by atomic mass is 10.0. The first-order chi connectivity index (χ1) is 14.7. The molecule has 3 aromatic rings. The number of nitrogens with one attached hydrogen (secondary N) is 2. The first-order valence-corrected chi connectivity index (χ1v) is 11.1. The van der Waals surface area contributed by atoms with E-state index in [0.29, 0.717) is 18.0 Å². The molecule has 0 radical (unpaired) electrons. The average Bonchev–Trinajstić information content (AvgIpc) is 3.28. The van der Waals surface area contributed by atoms with Crippen molar-refractivity contribution in [3.05, 3.63) is 76.7 Å². The maximum absolute atomic E-state index is 12.4. The number of anilines is 1. The summed E-state index contributed by atoms with van der Waals surface area (Å²) >= 11 is 1.54. The fourth-order valence-electron chi connectivity index (χ4n) is 3.56. The van der Waals surface area contributed by atoms with Crippen LogP contribution < -0.4 is 15.4 Å². The molecule has 2 heterocycles. The van der Waals surface area contributed by atoms with Crippen LogP contribution in [0.5, 0.6) is 5.75 Å². The van der Waals surface area contributed by atoms with Crippen LogP contribution in [0.1, 0.15) is 24.1 Å². The number of hydrogen-bond acceptors (Lipinski definition) is 5. The monoisotopic (exact) mass is 422 g/mol. The Balaban J connectivity index is 1.21. The average molecular weight is 423 g/mol. The normalized spacial score (nSPS) is 14.9. The SMILES string of the molecule is O=C(Nc1cccc(OCc2cscn2)c1)NC1CCN(Cc2ccccc2)CC1. The Bertz CT molecular complexity index is 925. The van der Waals surface area contributed by atoms with Crippen LogP contribution in [0.4, 0.5) is 10.5 Å². The van der Waals surface area contributed by atoms with Crippen LogP contribution in [-0.4, -0.2) is 35.0 Å². The van der Waals surface area contributed by atoms with Gasteiger partial charge >= 0.3 is 6.03 Å². The zero-order valence-electron chi connectivity index (χ0n) is 16.8. The molecule has 2 amide bonds. The van der Waals surface area contributed by atoms with Gasteiger partial charge in [-0.15, -0.1) is 11.3 Å². The molecule has 1 aliphatic heterocycles. The van der Waals surface area contributed by atoms with Crippen LogP contribution in [0.15, 0.2) is 65.5 Å². The summed E-state index contributed by atoms with van der Waals surface area (Å²) in [4.78, 5) is 19.1. The summed E-state index contributed by atoms with van der Waals surface area (Å²) in [5, 5.41) is 7.98. The summed E-state index contributed by atoms with van der Waals surface area (Å²) in [6.07, 6.45) is 1.91. The predicted octanol–water partition coefficient (Wildman–Crippen LogP) is 4.51. The molecular weight excluding hydrogens is 396 g/mol. The fourth-order valence-corrected chi connectivity index (χ4v) is 4.10. The van der Waals surface area contributed by atoms with E-state index >= 15 is 0 Å². The number of aromatic nitrogens is 1. The number of benzene rings is 2. The lowest BCUT2D eigenvalue weighted by Crippen LogP contribution is -2.45. The van der Waals surface area contributed by atoms with Gasteiger partial charge in [-0.05, 0) is 30.5 Å². The van der Waals surface area contributed by atoms with Gasteiger partial charge in [0.05, 0.1) is 11.2 Å². The van der Waals surface area contributed by atoms with Gasteiger partial charge in [-0.1, -0.05) is 36.4 Å². The quantitative estimate of drug-likeness (QED) is 0.588. The maximum atomic E-state index is 12.4. The van der Waals surface area contributed by atoms with Crippen LogP contribution >= 0.6 is 11.3 Å². The van der Waals surface area contributed by atoms with E-state index in [1.165, 1.54) is 5.56 Å². The van der Waals surface area contributed by atoms with E-state index in [1.54, 1.807) is 16.8 Å². The highest BCUT2D eigenvalue weighted by molar-refractivity contribution is 7.07. The molecule has 1 aromatic heterocycles. The van der Waals surface area contributed by atoms with Gasteiger partial charge in [0.25, 0.3) is 0 Å². The van der Waals surface area contributed by atoms with Crippen molar-refractivity contribution in [1.82, 2.24) is 15.2 Å². The van der Waals surface area contributed by atoms with E-state index in [4.69, 9.17) is 4.74 Å². The molecule has 1 fully saturated rings. The number of amides is 2. The highest BCUT2D eigenvalue weighted by Gasteiger charge is 2.20. The zero-order chi connectivity index (χ0) is 20.6. The van der Waals surface area contributed by atoms with Crippen molar-refractivity contribution in [2.24, 2.45) is 0 Å². The minimum absolute atomic E-state index is 0.173. The third-order valence-electron chi connectivity index (χ3n) is 5.13. The number of urea groups is 1. The van der Waals surface area contributed by atoms with Crippen molar-refractivity contribution in [3.63, 3.8) is 0 Å². The number of piperidine rings is 1. The molecule has 7 heteroatoms. The number of hydrogen-bond donors (Lipinski definition) is 2. The standard InChI is InChI=1S/C23H26N4O2S/c28-23(25-19-9-11-27(12-10-19)14-18-5-2-1-3-6-18)26-20-7-4-8-22(13-20)29-15-21-16-30-17-24-21/h1-8,13,16-17,19H,9-12,14-15H2,(H2,25,26,28).